The van der Waals surface area contributed by atoms with Crippen molar-refractivity contribution < 1.29 is 4.39 Å². The molecule has 1 fully saturated rings. The molecule has 0 radical (unpaired) electrons. The predicted molar refractivity (Wildman–Crippen MR) is 127 cm³/mol. The van der Waals surface area contributed by atoms with Gasteiger partial charge in [0.1, 0.15) is 29.1 Å². The third kappa shape index (κ3) is 4.09. The van der Waals surface area contributed by atoms with Crippen LogP contribution in [0.5, 0.6) is 0 Å². The maximum absolute atomic E-state index is 12.5. The van der Waals surface area contributed by atoms with Crippen molar-refractivity contribution in [2.24, 2.45) is 0 Å². The van der Waals surface area contributed by atoms with E-state index in [2.05, 4.69) is 44.0 Å². The van der Waals surface area contributed by atoms with Gasteiger partial charge in [0.05, 0.1) is 17.3 Å². The minimum absolute atomic E-state index is 0.437. The fourth-order valence-corrected chi connectivity index (χ4v) is 4.63. The first-order valence-corrected chi connectivity index (χ1v) is 11.3. The van der Waals surface area contributed by atoms with Gasteiger partial charge in [-0.05, 0) is 18.6 Å². The van der Waals surface area contributed by atoms with Crippen molar-refractivity contribution in [3.8, 4) is 6.07 Å². The molecule has 1 aliphatic heterocycles. The monoisotopic (exact) mass is 452 g/mol. The molecular weight excluding hydrogens is 427 g/mol. The second-order valence-corrected chi connectivity index (χ2v) is 8.35. The van der Waals surface area contributed by atoms with Crippen molar-refractivity contribution in [2.45, 2.75) is 13.5 Å². The van der Waals surface area contributed by atoms with Gasteiger partial charge in [0.25, 0.3) is 0 Å². The lowest BCUT2D eigenvalue weighted by molar-refractivity contribution is 0.562. The van der Waals surface area contributed by atoms with Gasteiger partial charge in [-0.3, -0.25) is 0 Å². The Kier molecular flexibility index (Phi) is 6.48. The molecule has 1 saturated heterocycles. The predicted octanol–water partition coefficient (Wildman–Crippen LogP) is 3.50. The van der Waals surface area contributed by atoms with Crippen LogP contribution in [0.1, 0.15) is 17.5 Å². The zero-order valence-corrected chi connectivity index (χ0v) is 19.0. The third-order valence-corrected chi connectivity index (χ3v) is 6.41. The summed E-state index contributed by atoms with van der Waals surface area (Å²) in [7, 11) is 1.91. The molecular formula is C22H25FN8S. The number of alkyl halides is 1. The minimum atomic E-state index is -0.595. The largest absolute Gasteiger partial charge is 0.368 e. The quantitative estimate of drug-likeness (QED) is 0.549. The first-order chi connectivity index (χ1) is 15.6. The molecule has 0 aromatic carbocycles. The number of fused-ring (bicyclic) bond motifs is 1. The lowest BCUT2D eigenvalue weighted by atomic mass is 10.2. The molecule has 0 saturated carbocycles. The number of rotatable bonds is 7. The molecule has 1 aliphatic rings. The van der Waals surface area contributed by atoms with Crippen molar-refractivity contribution in [1.29, 1.82) is 5.26 Å². The van der Waals surface area contributed by atoms with Crippen LogP contribution < -0.4 is 15.1 Å². The maximum atomic E-state index is 12.5. The number of nitriles is 1. The smallest absolute Gasteiger partial charge is 0.192 e. The molecule has 0 unspecified atom stereocenters. The molecule has 166 valence electrons. The summed E-state index contributed by atoms with van der Waals surface area (Å²) in [6, 6.07) is 4.31. The molecule has 0 atom stereocenters. The number of hydrogen-bond acceptors (Lipinski definition) is 8. The fraction of sp³-hybridized carbons (Fsp3) is 0.364. The van der Waals surface area contributed by atoms with Crippen LogP contribution in [0.2, 0.25) is 0 Å². The molecule has 3 aromatic rings. The zero-order valence-electron chi connectivity index (χ0n) is 18.2. The topological polar surface area (TPSA) is 85.9 Å². The number of aromatic nitrogens is 4. The Balaban J connectivity index is 1.76. The van der Waals surface area contributed by atoms with Gasteiger partial charge in [-0.15, -0.1) is 0 Å². The molecule has 8 nitrogen and oxygen atoms in total. The highest BCUT2D eigenvalue weighted by molar-refractivity contribution is 7.16. The average molecular weight is 453 g/mol. The van der Waals surface area contributed by atoms with Gasteiger partial charge in [0.15, 0.2) is 10.8 Å². The summed E-state index contributed by atoms with van der Waals surface area (Å²) in [5.41, 5.74) is 2.70. The minimum Gasteiger partial charge on any atom is -0.368 e. The van der Waals surface area contributed by atoms with Gasteiger partial charge < -0.3 is 15.1 Å². The van der Waals surface area contributed by atoms with Crippen LogP contribution in [0, 0.1) is 11.3 Å². The van der Waals surface area contributed by atoms with E-state index in [9.17, 15) is 9.65 Å². The Morgan fingerprint density at radius 1 is 1.44 bits per heavy atom. The number of aryl methyl sites for hydroxylation is 1. The molecule has 0 spiro atoms. The zero-order chi connectivity index (χ0) is 22.7. The van der Waals surface area contributed by atoms with Crippen molar-refractivity contribution >= 4 is 44.6 Å². The van der Waals surface area contributed by atoms with Gasteiger partial charge in [0.2, 0.25) is 0 Å². The molecule has 0 amide bonds. The van der Waals surface area contributed by atoms with Crippen molar-refractivity contribution in [2.75, 3.05) is 49.7 Å². The second kappa shape index (κ2) is 9.46. The van der Waals surface area contributed by atoms with E-state index < -0.39 is 6.67 Å². The molecule has 0 aliphatic carbocycles. The Morgan fingerprint density at radius 2 is 2.22 bits per heavy atom. The number of pyridine rings is 1. The van der Waals surface area contributed by atoms with Crippen molar-refractivity contribution in [3.05, 3.63) is 41.6 Å². The van der Waals surface area contributed by atoms with Crippen LogP contribution in [-0.4, -0.2) is 59.6 Å². The molecule has 32 heavy (non-hydrogen) atoms. The van der Waals surface area contributed by atoms with Crippen molar-refractivity contribution in [1.82, 2.24) is 25.1 Å². The van der Waals surface area contributed by atoms with Crippen LogP contribution in [0.4, 0.5) is 21.0 Å². The molecule has 1 N–H and O–H groups in total. The third-order valence-electron chi connectivity index (χ3n) is 5.37. The van der Waals surface area contributed by atoms with E-state index >= 15 is 0 Å². The van der Waals surface area contributed by atoms with E-state index in [1.54, 1.807) is 6.08 Å². The van der Waals surface area contributed by atoms with E-state index in [-0.39, 0.29) is 0 Å². The molecule has 3 aromatic heterocycles. The van der Waals surface area contributed by atoms with Crippen LogP contribution >= 0.6 is 11.3 Å². The number of halogens is 1. The normalized spacial score (nSPS) is 14.2. The summed E-state index contributed by atoms with van der Waals surface area (Å²) < 4.78 is 14.4. The summed E-state index contributed by atoms with van der Waals surface area (Å²) >= 11 is 1.27. The van der Waals surface area contributed by atoms with Gasteiger partial charge in [-0.2, -0.15) is 10.4 Å². The first-order valence-electron chi connectivity index (χ1n) is 10.5. The summed E-state index contributed by atoms with van der Waals surface area (Å²) in [5.74, 6) is 0.863. The first kappa shape index (κ1) is 21.9. The highest BCUT2D eigenvalue weighted by Crippen LogP contribution is 2.37. The summed E-state index contributed by atoms with van der Waals surface area (Å²) in [4.78, 5) is 13.9. The Hall–Kier alpha value is -3.29. The number of anilines is 3. The highest BCUT2D eigenvalue weighted by atomic mass is 32.1. The van der Waals surface area contributed by atoms with Crippen LogP contribution in [0.15, 0.2) is 31.0 Å². The molecule has 0 bridgehead atoms. The van der Waals surface area contributed by atoms with E-state index in [1.807, 2.05) is 29.7 Å². The summed E-state index contributed by atoms with van der Waals surface area (Å²) in [6.07, 6.45) is 4.78. The maximum Gasteiger partial charge on any atom is 0.192 e. The van der Waals surface area contributed by atoms with Gasteiger partial charge >= 0.3 is 0 Å². The summed E-state index contributed by atoms with van der Waals surface area (Å²) in [5, 5.41) is 19.2. The van der Waals surface area contributed by atoms with Gasteiger partial charge in [0, 0.05) is 39.8 Å². The highest BCUT2D eigenvalue weighted by Gasteiger charge is 2.23. The lowest BCUT2D eigenvalue weighted by Crippen LogP contribution is -2.43. The number of nitrogens with one attached hydrogen (secondary N) is 1. The number of piperazine rings is 1. The molecule has 10 heteroatoms. The van der Waals surface area contributed by atoms with Crippen LogP contribution in [-0.2, 0) is 6.54 Å². The van der Waals surface area contributed by atoms with E-state index in [0.717, 1.165) is 43.1 Å². The lowest BCUT2D eigenvalue weighted by Gasteiger charge is -2.29. The Morgan fingerprint density at radius 3 is 2.91 bits per heavy atom. The van der Waals surface area contributed by atoms with Crippen LogP contribution in [0.3, 0.4) is 0 Å². The number of nitrogens with zero attached hydrogens (tertiary/aromatic N) is 7. The second-order valence-electron chi connectivity index (χ2n) is 7.37. The van der Waals surface area contributed by atoms with E-state index in [0.29, 0.717) is 33.5 Å². The number of thiazole rings is 1. The Bertz CT molecular complexity index is 1200. The SMILES string of the molecule is C=C(/C=C\CF)c1nc(N(C)c2c3cc(N4CCNCC4)cnc3nn2CC)sc1C#N. The van der Waals surface area contributed by atoms with E-state index in [1.165, 1.54) is 17.4 Å². The van der Waals surface area contributed by atoms with Gasteiger partial charge in [-0.1, -0.05) is 30.1 Å². The number of allylic oxidation sites excluding steroid dienone is 3. The standard InChI is InChI=1S/C22H25FN8S/c1-4-31-21(17-12-16(14-26-20(17)28-31)30-10-8-25-9-11-30)29(3)22-27-19(18(13-24)32-22)15(2)6-5-7-23/h5-6,12,14,25H,2,4,7-11H2,1,3H3/b6-5-. The van der Waals surface area contributed by atoms with Crippen molar-refractivity contribution in [3.63, 3.8) is 0 Å². The van der Waals surface area contributed by atoms with Crippen LogP contribution in [0.25, 0.3) is 16.6 Å². The Labute approximate surface area is 190 Å². The fourth-order valence-electron chi connectivity index (χ4n) is 3.76. The summed E-state index contributed by atoms with van der Waals surface area (Å²) in [6.45, 7) is 9.77. The number of hydrogen-bond donors (Lipinski definition) is 1. The molecule has 4 heterocycles. The van der Waals surface area contributed by atoms with Gasteiger partial charge in [-0.25, -0.2) is 19.0 Å². The average Bonchev–Trinajstić information content (AvgIpc) is 3.43. The molecule has 4 rings (SSSR count). The van der Waals surface area contributed by atoms with E-state index in [4.69, 9.17) is 0 Å².